The van der Waals surface area contributed by atoms with Crippen molar-refractivity contribution >= 4 is 40.0 Å². The molecule has 0 saturated carbocycles. The second-order valence-electron chi connectivity index (χ2n) is 14.2. The third-order valence-corrected chi connectivity index (χ3v) is 10.4. The summed E-state index contributed by atoms with van der Waals surface area (Å²) in [5.41, 5.74) is 3.12. The average molecular weight is 643 g/mol. The molecule has 46 heavy (non-hydrogen) atoms. The summed E-state index contributed by atoms with van der Waals surface area (Å²) in [6, 6.07) is 15.2. The Morgan fingerprint density at radius 1 is 1.04 bits per heavy atom. The van der Waals surface area contributed by atoms with Crippen LogP contribution in [0.5, 0.6) is 5.88 Å². The topological polar surface area (TPSA) is 85.2 Å². The lowest BCUT2D eigenvalue weighted by Crippen LogP contribution is -2.57. The van der Waals surface area contributed by atoms with Crippen molar-refractivity contribution in [2.24, 2.45) is 0 Å². The van der Waals surface area contributed by atoms with Gasteiger partial charge in [-0.2, -0.15) is 10.2 Å². The van der Waals surface area contributed by atoms with Crippen LogP contribution in [-0.4, -0.2) is 84.4 Å². The molecule has 2 unspecified atom stereocenters. The zero-order valence-corrected chi connectivity index (χ0v) is 28.0. The maximum Gasteiger partial charge on any atom is 0.410 e. The third kappa shape index (κ3) is 5.71. The first-order chi connectivity index (χ1) is 22.1. The molecule has 242 valence electrons. The molecule has 2 bridgehead atoms. The number of hydrogen-bond acceptors (Lipinski definition) is 8. The highest BCUT2D eigenvalue weighted by atomic mass is 35.5. The van der Waals surface area contributed by atoms with Gasteiger partial charge in [-0.05, 0) is 84.0 Å². The number of fused-ring (bicyclic) bond motifs is 4. The van der Waals surface area contributed by atoms with Crippen LogP contribution in [0.25, 0.3) is 10.8 Å². The van der Waals surface area contributed by atoms with E-state index in [0.717, 1.165) is 83.6 Å². The van der Waals surface area contributed by atoms with Crippen LogP contribution >= 0.6 is 11.6 Å². The number of likely N-dealkylation sites (tertiary alicyclic amines) is 1. The van der Waals surface area contributed by atoms with Crippen molar-refractivity contribution in [2.75, 3.05) is 49.6 Å². The van der Waals surface area contributed by atoms with E-state index in [1.807, 2.05) is 37.8 Å². The van der Waals surface area contributed by atoms with Gasteiger partial charge < -0.3 is 24.2 Å². The summed E-state index contributed by atoms with van der Waals surface area (Å²) in [7, 11) is 2.13. The van der Waals surface area contributed by atoms with Gasteiger partial charge >= 0.3 is 6.09 Å². The molecule has 2 aromatic carbocycles. The Bertz CT molecular complexity index is 1680. The summed E-state index contributed by atoms with van der Waals surface area (Å²) >= 11 is 6.75. The molecule has 0 N–H and O–H groups in total. The highest BCUT2D eigenvalue weighted by Gasteiger charge is 2.45. The predicted molar refractivity (Wildman–Crippen MR) is 181 cm³/mol. The number of nitriles is 1. The molecule has 3 fully saturated rings. The summed E-state index contributed by atoms with van der Waals surface area (Å²) in [6.07, 6.45) is 4.59. The molecule has 5 heterocycles. The molecule has 1 aromatic heterocycles. The first kappa shape index (κ1) is 30.9. The zero-order chi connectivity index (χ0) is 32.2. The van der Waals surface area contributed by atoms with Crippen molar-refractivity contribution in [1.82, 2.24) is 14.8 Å². The van der Waals surface area contributed by atoms with Crippen LogP contribution < -0.4 is 14.5 Å². The van der Waals surface area contributed by atoms with E-state index in [9.17, 15) is 10.1 Å². The summed E-state index contributed by atoms with van der Waals surface area (Å²) in [5.74, 6) is 1.30. The Kier molecular flexibility index (Phi) is 8.14. The highest BCUT2D eigenvalue weighted by molar-refractivity contribution is 6.36. The number of pyridine rings is 1. The van der Waals surface area contributed by atoms with E-state index in [1.54, 1.807) is 0 Å². The molecule has 3 atom stereocenters. The fourth-order valence-corrected chi connectivity index (χ4v) is 8.15. The first-order valence-electron chi connectivity index (χ1n) is 16.6. The number of carbonyl (C=O) groups is 1. The number of carbonyl (C=O) groups excluding carboxylic acids is 1. The van der Waals surface area contributed by atoms with Crippen LogP contribution in [0.4, 0.5) is 16.3 Å². The number of nitrogens with zero attached hydrogens (tertiary/aromatic N) is 6. The maximum absolute atomic E-state index is 13.2. The highest BCUT2D eigenvalue weighted by Crippen LogP contribution is 2.42. The molecule has 1 amide bonds. The Hall–Kier alpha value is -3.74. The lowest BCUT2D eigenvalue weighted by molar-refractivity contribution is 0.0122. The predicted octanol–water partition coefficient (Wildman–Crippen LogP) is 6.38. The van der Waals surface area contributed by atoms with E-state index in [2.05, 4.69) is 52.1 Å². The second kappa shape index (κ2) is 12.1. The van der Waals surface area contributed by atoms with Crippen molar-refractivity contribution in [2.45, 2.75) is 83.1 Å². The van der Waals surface area contributed by atoms with Crippen LogP contribution in [-0.2, 0) is 17.7 Å². The van der Waals surface area contributed by atoms with Gasteiger partial charge in [0.1, 0.15) is 29.7 Å². The van der Waals surface area contributed by atoms with Crippen LogP contribution in [0.2, 0.25) is 5.02 Å². The van der Waals surface area contributed by atoms with Crippen molar-refractivity contribution in [3.63, 3.8) is 0 Å². The second-order valence-corrected chi connectivity index (χ2v) is 14.6. The van der Waals surface area contributed by atoms with E-state index in [-0.39, 0.29) is 18.2 Å². The first-order valence-corrected chi connectivity index (χ1v) is 17.0. The standard InChI is InChI=1S/C36H43ClN6O3/c1-36(2,3)46-35(44)43-24-13-14-25(43)20-42(19-24)33-27-15-17-41(31-12-6-9-23-8-5-11-30(37)32(23)31)21-29(27)28(18-38)34(39-33)45-22-26-10-7-16-40(26)4/h5-6,8-9,11-12,24-26H,7,10,13-17,19-22H2,1-4H3/t24?,25?,26-/m0/s1. The SMILES string of the molecule is CN1CCC[C@H]1COc1nc(N2CC3CCC(C2)N3C(=O)OC(C)(C)C)c2c(c1C#N)CN(c1cccc3cccc(Cl)c13)CC2. The van der Waals surface area contributed by atoms with Gasteiger partial charge in [0.05, 0.1) is 17.1 Å². The molecule has 0 spiro atoms. The average Bonchev–Trinajstić information content (AvgIpc) is 3.56. The minimum absolute atomic E-state index is 0.0520. The molecule has 10 heteroatoms. The summed E-state index contributed by atoms with van der Waals surface area (Å²) in [6.45, 7) is 9.97. The Labute approximate surface area is 276 Å². The fourth-order valence-electron chi connectivity index (χ4n) is 7.87. The largest absolute Gasteiger partial charge is 0.475 e. The Balaban J connectivity index is 1.25. The minimum Gasteiger partial charge on any atom is -0.475 e. The monoisotopic (exact) mass is 642 g/mol. The van der Waals surface area contributed by atoms with Gasteiger partial charge in [-0.15, -0.1) is 0 Å². The maximum atomic E-state index is 13.2. The smallest absolute Gasteiger partial charge is 0.410 e. The van der Waals surface area contributed by atoms with Crippen molar-refractivity contribution in [3.05, 3.63) is 58.1 Å². The van der Waals surface area contributed by atoms with Gasteiger partial charge in [0.25, 0.3) is 0 Å². The molecule has 9 nitrogen and oxygen atoms in total. The van der Waals surface area contributed by atoms with Crippen LogP contribution in [0, 0.1) is 11.3 Å². The van der Waals surface area contributed by atoms with Gasteiger partial charge in [-0.25, -0.2) is 4.79 Å². The van der Waals surface area contributed by atoms with Crippen LogP contribution in [0.15, 0.2) is 36.4 Å². The molecule has 3 aromatic rings. The molecular formula is C36H43ClN6O3. The lowest BCUT2D eigenvalue weighted by atomic mass is 9.94. The number of halogens is 1. The number of anilines is 2. The van der Waals surface area contributed by atoms with E-state index in [0.29, 0.717) is 43.7 Å². The van der Waals surface area contributed by atoms with E-state index >= 15 is 0 Å². The number of amides is 1. The molecule has 4 aliphatic rings. The number of aromatic nitrogens is 1. The molecule has 3 saturated heterocycles. The number of ether oxygens (including phenoxy) is 2. The van der Waals surface area contributed by atoms with Crippen molar-refractivity contribution < 1.29 is 14.3 Å². The Morgan fingerprint density at radius 3 is 2.46 bits per heavy atom. The molecule has 4 aliphatic heterocycles. The lowest BCUT2D eigenvalue weighted by Gasteiger charge is -2.43. The van der Waals surface area contributed by atoms with Gasteiger partial charge in [-0.1, -0.05) is 35.9 Å². The van der Waals surface area contributed by atoms with Crippen LogP contribution in [0.1, 0.15) is 63.1 Å². The van der Waals surface area contributed by atoms with E-state index < -0.39 is 5.60 Å². The quantitative estimate of drug-likeness (QED) is 0.317. The number of likely N-dealkylation sites (N-methyl/N-ethyl adjacent to an activating group) is 1. The number of rotatable bonds is 5. The van der Waals surface area contributed by atoms with Crippen LogP contribution in [0.3, 0.4) is 0 Å². The molecule has 7 rings (SSSR count). The van der Waals surface area contributed by atoms with Gasteiger partial charge in [-0.3, -0.25) is 4.90 Å². The third-order valence-electron chi connectivity index (χ3n) is 10.1. The summed E-state index contributed by atoms with van der Waals surface area (Å²) in [5, 5.41) is 13.4. The van der Waals surface area contributed by atoms with E-state index in [1.165, 1.54) is 0 Å². The molecule has 0 radical (unpaired) electrons. The van der Waals surface area contributed by atoms with Crippen molar-refractivity contribution in [1.29, 1.82) is 5.26 Å². The van der Waals surface area contributed by atoms with Gasteiger partial charge in [0, 0.05) is 54.4 Å². The zero-order valence-electron chi connectivity index (χ0n) is 27.3. The normalized spacial score (nSPS) is 23.0. The summed E-state index contributed by atoms with van der Waals surface area (Å²) < 4.78 is 12.3. The number of benzene rings is 2. The fraction of sp³-hybridized carbons (Fsp3) is 0.528. The number of hydrogen-bond donors (Lipinski definition) is 0. The Morgan fingerprint density at radius 2 is 1.78 bits per heavy atom. The van der Waals surface area contributed by atoms with Gasteiger partial charge in [0.2, 0.25) is 5.88 Å². The number of piperazine rings is 1. The molecular weight excluding hydrogens is 600 g/mol. The van der Waals surface area contributed by atoms with Crippen molar-refractivity contribution in [3.8, 4) is 11.9 Å². The van der Waals surface area contributed by atoms with Gasteiger partial charge in [0.15, 0.2) is 0 Å². The van der Waals surface area contributed by atoms with E-state index in [4.69, 9.17) is 26.1 Å². The molecule has 0 aliphatic carbocycles. The minimum atomic E-state index is -0.540. The summed E-state index contributed by atoms with van der Waals surface area (Å²) in [4.78, 5) is 27.3.